The Labute approximate surface area is 344 Å². The second-order valence-electron chi connectivity index (χ2n) is 15.4. The van der Waals surface area contributed by atoms with Crippen molar-refractivity contribution >= 4 is 62.4 Å². The summed E-state index contributed by atoms with van der Waals surface area (Å²) in [6.07, 6.45) is -0.252. The van der Waals surface area contributed by atoms with E-state index in [0.29, 0.717) is 57.9 Å². The van der Waals surface area contributed by atoms with E-state index in [2.05, 4.69) is 15.9 Å². The fourth-order valence-corrected chi connectivity index (χ4v) is 7.59. The first-order valence-electron chi connectivity index (χ1n) is 19.0. The highest BCUT2D eigenvalue weighted by Crippen LogP contribution is 2.36. The Morgan fingerprint density at radius 3 is 2.29 bits per heavy atom. The highest BCUT2D eigenvalue weighted by Gasteiger charge is 2.52. The van der Waals surface area contributed by atoms with Crippen molar-refractivity contribution in [3.05, 3.63) is 112 Å². The smallest absolute Gasteiger partial charge is 0.411 e. The first-order valence-corrected chi connectivity index (χ1v) is 19.8. The highest BCUT2D eigenvalue weighted by atomic mass is 79.9. The van der Waals surface area contributed by atoms with Crippen LogP contribution in [0.1, 0.15) is 84.7 Å². The molecule has 0 radical (unpaired) electrons. The van der Waals surface area contributed by atoms with Gasteiger partial charge in [0.2, 0.25) is 0 Å². The summed E-state index contributed by atoms with van der Waals surface area (Å²) in [5.41, 5.74) is -0.467. The number of ketones is 2. The minimum absolute atomic E-state index is 0.0220. The molecule has 2 unspecified atom stereocenters. The third-order valence-electron chi connectivity index (χ3n) is 10.2. The van der Waals surface area contributed by atoms with Crippen LogP contribution >= 0.6 is 15.9 Å². The van der Waals surface area contributed by atoms with E-state index in [1.807, 2.05) is 24.3 Å². The quantitative estimate of drug-likeness (QED) is 0.0784. The number of Topliss-reactive ketones (excluding diaryl/α,β-unsaturated/α-hetero) is 2. The van der Waals surface area contributed by atoms with E-state index in [-0.39, 0.29) is 31.7 Å². The minimum Gasteiger partial charge on any atom is -0.488 e. The lowest BCUT2D eigenvalue weighted by atomic mass is 9.87. The zero-order valence-corrected chi connectivity index (χ0v) is 34.1. The van der Waals surface area contributed by atoms with Gasteiger partial charge in [0.1, 0.15) is 30.6 Å². The molecule has 2 saturated heterocycles. The summed E-state index contributed by atoms with van der Waals surface area (Å²) in [7, 11) is 0. The molecule has 58 heavy (non-hydrogen) atoms. The number of ether oxygens (including phenoxy) is 4. The lowest BCUT2D eigenvalue weighted by Gasteiger charge is -2.33. The summed E-state index contributed by atoms with van der Waals surface area (Å²) in [6, 6.07) is 23.5. The predicted octanol–water partition coefficient (Wildman–Crippen LogP) is 8.14. The largest absolute Gasteiger partial charge is 0.488 e. The number of nitrogens with zero attached hydrogens (tertiary/aromatic N) is 2. The fourth-order valence-electron chi connectivity index (χ4n) is 7.23. The molecule has 0 aliphatic carbocycles. The van der Waals surface area contributed by atoms with Gasteiger partial charge in [-0.05, 0) is 87.7 Å². The lowest BCUT2D eigenvalue weighted by Crippen LogP contribution is -2.54. The van der Waals surface area contributed by atoms with Crippen LogP contribution in [0, 0.1) is 0 Å². The van der Waals surface area contributed by atoms with Gasteiger partial charge in [-0.3, -0.25) is 19.4 Å². The van der Waals surface area contributed by atoms with Crippen LogP contribution < -0.4 is 4.74 Å². The SMILES string of the molecule is CC(C)(C)OC(=O)N1CCCC1C(=O)OCC(=O)c1ccc(Br)c(COc2cccc3cc(C(=O)CC4(C(=O)O)CCCN4C(=O)OCc4ccccc4)ccc23)c1. The first-order chi connectivity index (χ1) is 27.6. The molecular weight excluding hydrogens is 812 g/mol. The molecule has 1 N–H and O–H groups in total. The lowest BCUT2D eigenvalue weighted by molar-refractivity contribution is -0.149. The topological polar surface area (TPSA) is 166 Å². The summed E-state index contributed by atoms with van der Waals surface area (Å²) in [6.45, 7) is 5.28. The number of rotatable bonds is 13. The minimum atomic E-state index is -1.74. The average Bonchev–Trinajstić information content (AvgIpc) is 3.87. The molecule has 0 spiro atoms. The van der Waals surface area contributed by atoms with Gasteiger partial charge in [-0.2, -0.15) is 0 Å². The van der Waals surface area contributed by atoms with Gasteiger partial charge in [-0.15, -0.1) is 0 Å². The molecule has 2 heterocycles. The van der Waals surface area contributed by atoms with E-state index in [4.69, 9.17) is 18.9 Å². The van der Waals surface area contributed by atoms with Crippen LogP contribution in [-0.2, 0) is 37.0 Å². The summed E-state index contributed by atoms with van der Waals surface area (Å²) in [4.78, 5) is 80.7. The van der Waals surface area contributed by atoms with E-state index in [1.165, 1.54) is 4.90 Å². The molecular formula is C44H45BrN2O11. The molecule has 2 fully saturated rings. The van der Waals surface area contributed by atoms with Crippen molar-refractivity contribution in [2.45, 2.75) is 83.3 Å². The molecule has 0 saturated carbocycles. The zero-order valence-electron chi connectivity index (χ0n) is 32.5. The number of fused-ring (bicyclic) bond motifs is 1. The summed E-state index contributed by atoms with van der Waals surface area (Å²) in [5.74, 6) is -2.29. The Kier molecular flexibility index (Phi) is 12.8. The van der Waals surface area contributed by atoms with E-state index in [0.717, 1.165) is 10.5 Å². The molecule has 6 rings (SSSR count). The molecule has 0 aromatic heterocycles. The second kappa shape index (κ2) is 17.8. The summed E-state index contributed by atoms with van der Waals surface area (Å²) in [5, 5.41) is 11.7. The van der Waals surface area contributed by atoms with Gasteiger partial charge in [0, 0.05) is 46.1 Å². The van der Waals surface area contributed by atoms with Crippen LogP contribution in [0.25, 0.3) is 10.8 Å². The number of halogens is 1. The van der Waals surface area contributed by atoms with E-state index >= 15 is 0 Å². The standard InChI is InChI=1S/C44H45BrN2O11/c1-43(2,3)58-41(53)46-20-8-13-35(46)39(50)56-27-37(49)31-16-18-34(45)32(23-31)26-55-38-14-7-12-29-22-30(15-17-33(29)38)36(48)24-44(40(51)52)19-9-21-47(44)42(54)57-25-28-10-5-4-6-11-28/h4-7,10-12,14-18,22-23,35H,8-9,13,19-21,24-27H2,1-3H3,(H,51,52). The van der Waals surface area contributed by atoms with Crippen LogP contribution in [-0.4, -0.2) is 87.5 Å². The highest BCUT2D eigenvalue weighted by molar-refractivity contribution is 9.10. The first kappa shape index (κ1) is 41.9. The third-order valence-corrected chi connectivity index (χ3v) is 11.0. The van der Waals surface area contributed by atoms with Crippen molar-refractivity contribution in [3.8, 4) is 5.75 Å². The van der Waals surface area contributed by atoms with E-state index in [1.54, 1.807) is 81.4 Å². The molecule has 14 heteroatoms. The van der Waals surface area contributed by atoms with E-state index in [9.17, 15) is 33.9 Å². The van der Waals surface area contributed by atoms with Gasteiger partial charge in [0.15, 0.2) is 23.7 Å². The number of carboxylic acids is 1. The normalized spacial score (nSPS) is 17.8. The molecule has 2 aliphatic heterocycles. The second-order valence-corrected chi connectivity index (χ2v) is 16.2. The van der Waals surface area contributed by atoms with Crippen molar-refractivity contribution in [2.24, 2.45) is 0 Å². The van der Waals surface area contributed by atoms with Crippen LogP contribution in [0.15, 0.2) is 89.4 Å². The number of carbonyl (C=O) groups excluding carboxylic acids is 5. The summed E-state index contributed by atoms with van der Waals surface area (Å²) >= 11 is 3.52. The number of hydrogen-bond donors (Lipinski definition) is 1. The van der Waals surface area contributed by atoms with Crippen LogP contribution in [0.4, 0.5) is 9.59 Å². The monoisotopic (exact) mass is 856 g/mol. The van der Waals surface area contributed by atoms with Crippen molar-refractivity contribution in [2.75, 3.05) is 19.7 Å². The van der Waals surface area contributed by atoms with Crippen molar-refractivity contribution < 1.29 is 52.8 Å². The Bertz CT molecular complexity index is 2220. The van der Waals surface area contributed by atoms with Crippen molar-refractivity contribution in [1.82, 2.24) is 9.80 Å². The number of amides is 2. The van der Waals surface area contributed by atoms with Crippen molar-refractivity contribution in [1.29, 1.82) is 0 Å². The van der Waals surface area contributed by atoms with Crippen LogP contribution in [0.3, 0.4) is 0 Å². The number of benzene rings is 4. The Hall–Kier alpha value is -5.76. The third kappa shape index (κ3) is 9.67. The fraction of sp³-hybridized carbons (Fsp3) is 0.364. The van der Waals surface area contributed by atoms with E-state index < -0.39 is 65.9 Å². The summed E-state index contributed by atoms with van der Waals surface area (Å²) < 4.78 is 23.1. The van der Waals surface area contributed by atoms with Gasteiger partial charge < -0.3 is 24.1 Å². The van der Waals surface area contributed by atoms with Crippen molar-refractivity contribution in [3.63, 3.8) is 0 Å². The molecule has 4 aromatic carbocycles. The maximum atomic E-state index is 13.7. The number of likely N-dealkylation sites (tertiary alicyclic amines) is 2. The number of carboxylic acid groups (broad SMARTS) is 1. The molecule has 4 aromatic rings. The Morgan fingerprint density at radius 1 is 0.810 bits per heavy atom. The average molecular weight is 858 g/mol. The van der Waals surface area contributed by atoms with Crippen LogP contribution in [0.5, 0.6) is 5.75 Å². The number of aliphatic carboxylic acids is 1. The Balaban J connectivity index is 1.09. The molecule has 304 valence electrons. The van der Waals surface area contributed by atoms with Gasteiger partial charge in [0.25, 0.3) is 0 Å². The maximum Gasteiger partial charge on any atom is 0.411 e. The Morgan fingerprint density at radius 2 is 1.55 bits per heavy atom. The zero-order chi connectivity index (χ0) is 41.6. The van der Waals surface area contributed by atoms with Gasteiger partial charge >= 0.3 is 24.1 Å². The molecule has 2 aliphatic rings. The molecule has 13 nitrogen and oxygen atoms in total. The molecule has 2 amide bonds. The van der Waals surface area contributed by atoms with Gasteiger partial charge in [0.05, 0.1) is 0 Å². The molecule has 0 bridgehead atoms. The maximum absolute atomic E-state index is 13.7. The number of hydrogen-bond acceptors (Lipinski definition) is 10. The van der Waals surface area contributed by atoms with Gasteiger partial charge in [-0.25, -0.2) is 19.2 Å². The number of carbonyl (C=O) groups is 6. The van der Waals surface area contributed by atoms with Crippen LogP contribution in [0.2, 0.25) is 0 Å². The molecule has 2 atom stereocenters. The van der Waals surface area contributed by atoms with Gasteiger partial charge in [-0.1, -0.05) is 70.5 Å². The predicted molar refractivity (Wildman–Crippen MR) is 216 cm³/mol. The number of esters is 1.